The number of hydrogen-bond donors (Lipinski definition) is 1. The lowest BCUT2D eigenvalue weighted by Gasteiger charge is -2.41. The molecule has 138 valence electrons. The molecular formula is C20H20N4O2S. The Morgan fingerprint density at radius 3 is 2.59 bits per heavy atom. The van der Waals surface area contributed by atoms with Crippen molar-refractivity contribution in [3.05, 3.63) is 80.4 Å². The Hall–Kier alpha value is -2.80. The van der Waals surface area contributed by atoms with E-state index >= 15 is 0 Å². The largest absolute Gasteiger partial charge is 0.337 e. The standard InChI is InChI=1S/C20H20N4O2S/c1-14-23-16(13-27-14)20(15-5-3-2-4-6-15)7-11-24(12-8-20)19(26)17-18(25)22-10-9-21-17/h2-6,9-10,13H,7-8,11-12H2,1H3,(H,22,25). The highest BCUT2D eigenvalue weighted by Gasteiger charge is 2.41. The van der Waals surface area contributed by atoms with Crippen molar-refractivity contribution in [1.82, 2.24) is 19.9 Å². The molecule has 0 spiro atoms. The van der Waals surface area contributed by atoms with Gasteiger partial charge in [-0.1, -0.05) is 30.3 Å². The van der Waals surface area contributed by atoms with E-state index in [1.54, 1.807) is 16.2 Å². The molecule has 3 aromatic rings. The number of nitrogens with one attached hydrogen (secondary N) is 1. The molecule has 0 bridgehead atoms. The third-order valence-electron chi connectivity index (χ3n) is 5.25. The van der Waals surface area contributed by atoms with Gasteiger partial charge in [0.25, 0.3) is 11.5 Å². The van der Waals surface area contributed by atoms with E-state index in [1.165, 1.54) is 18.0 Å². The van der Waals surface area contributed by atoms with Crippen LogP contribution in [0.25, 0.3) is 0 Å². The van der Waals surface area contributed by atoms with E-state index in [0.29, 0.717) is 13.1 Å². The number of rotatable bonds is 3. The summed E-state index contributed by atoms with van der Waals surface area (Å²) in [5, 5.41) is 3.17. The molecule has 1 saturated heterocycles. The van der Waals surface area contributed by atoms with E-state index in [1.807, 2.05) is 25.1 Å². The Balaban J connectivity index is 1.63. The van der Waals surface area contributed by atoms with Crippen LogP contribution in [0.15, 0.2) is 52.9 Å². The van der Waals surface area contributed by atoms with Crippen LogP contribution >= 0.6 is 11.3 Å². The molecule has 2 aromatic heterocycles. The van der Waals surface area contributed by atoms with Crippen LogP contribution in [0.2, 0.25) is 0 Å². The van der Waals surface area contributed by atoms with Crippen molar-refractivity contribution < 1.29 is 4.79 Å². The Bertz CT molecular complexity index is 1000. The van der Waals surface area contributed by atoms with Crippen molar-refractivity contribution in [2.75, 3.05) is 13.1 Å². The first-order chi connectivity index (χ1) is 13.1. The van der Waals surface area contributed by atoms with Gasteiger partial charge in [-0.25, -0.2) is 9.97 Å². The highest BCUT2D eigenvalue weighted by Crippen LogP contribution is 2.42. The molecule has 7 heteroatoms. The number of aromatic amines is 1. The lowest BCUT2D eigenvalue weighted by Crippen LogP contribution is -2.47. The average molecular weight is 380 g/mol. The minimum absolute atomic E-state index is 0.0470. The molecule has 3 heterocycles. The van der Waals surface area contributed by atoms with E-state index in [9.17, 15) is 9.59 Å². The third kappa shape index (κ3) is 3.19. The first-order valence-corrected chi connectivity index (χ1v) is 9.79. The molecule has 6 nitrogen and oxygen atoms in total. The number of aromatic nitrogens is 3. The number of aryl methyl sites for hydroxylation is 1. The van der Waals surface area contributed by atoms with Crippen molar-refractivity contribution in [2.24, 2.45) is 0 Å². The van der Waals surface area contributed by atoms with E-state index in [2.05, 4.69) is 27.5 Å². The molecule has 1 aliphatic heterocycles. The molecule has 0 aliphatic carbocycles. The zero-order chi connectivity index (χ0) is 18.9. The highest BCUT2D eigenvalue weighted by atomic mass is 32.1. The molecule has 1 aliphatic rings. The smallest absolute Gasteiger partial charge is 0.279 e. The lowest BCUT2D eigenvalue weighted by molar-refractivity contribution is 0.0676. The summed E-state index contributed by atoms with van der Waals surface area (Å²) in [4.78, 5) is 37.6. The Morgan fingerprint density at radius 2 is 1.96 bits per heavy atom. The Kier molecular flexibility index (Phi) is 4.61. The van der Waals surface area contributed by atoms with Crippen molar-refractivity contribution >= 4 is 17.2 Å². The normalized spacial score (nSPS) is 16.3. The number of hydrogen-bond acceptors (Lipinski definition) is 5. The monoisotopic (exact) mass is 380 g/mol. The minimum atomic E-state index is -0.447. The molecule has 1 fully saturated rings. The molecule has 0 saturated carbocycles. The van der Waals surface area contributed by atoms with Gasteiger partial charge < -0.3 is 9.88 Å². The van der Waals surface area contributed by atoms with E-state index < -0.39 is 5.56 Å². The molecule has 1 N–H and O–H groups in total. The van der Waals surface area contributed by atoms with Gasteiger partial charge in [-0.2, -0.15) is 0 Å². The summed E-state index contributed by atoms with van der Waals surface area (Å²) >= 11 is 1.65. The van der Waals surface area contributed by atoms with Gasteiger partial charge in [-0.05, 0) is 25.3 Å². The SMILES string of the molecule is Cc1nc(C2(c3ccccc3)CCN(C(=O)c3ncc[nH]c3=O)CC2)cs1. The van der Waals surface area contributed by atoms with Crippen LogP contribution in [0.4, 0.5) is 0 Å². The Morgan fingerprint density at radius 1 is 1.22 bits per heavy atom. The molecule has 0 unspecified atom stereocenters. The van der Waals surface area contributed by atoms with E-state index in [0.717, 1.165) is 23.5 Å². The van der Waals surface area contributed by atoms with Crippen LogP contribution in [0.3, 0.4) is 0 Å². The fourth-order valence-corrected chi connectivity index (χ4v) is 4.49. The molecule has 1 aromatic carbocycles. The predicted octanol–water partition coefficient (Wildman–Crippen LogP) is 2.76. The van der Waals surface area contributed by atoms with Gasteiger partial charge in [0.1, 0.15) is 0 Å². The number of amides is 1. The number of piperidine rings is 1. The maximum Gasteiger partial charge on any atom is 0.279 e. The molecule has 0 radical (unpaired) electrons. The van der Waals surface area contributed by atoms with Crippen LogP contribution in [0.5, 0.6) is 0 Å². The second kappa shape index (κ2) is 7.08. The number of H-pyrrole nitrogens is 1. The summed E-state index contributed by atoms with van der Waals surface area (Å²) in [5.41, 5.74) is 1.59. The van der Waals surface area contributed by atoms with Gasteiger partial charge >= 0.3 is 0 Å². The maximum absolute atomic E-state index is 12.7. The van der Waals surface area contributed by atoms with Gasteiger partial charge in [0, 0.05) is 36.3 Å². The van der Waals surface area contributed by atoms with Gasteiger partial charge in [0.15, 0.2) is 5.69 Å². The summed E-state index contributed by atoms with van der Waals surface area (Å²) in [6.07, 6.45) is 4.39. The van der Waals surface area contributed by atoms with Crippen molar-refractivity contribution in [1.29, 1.82) is 0 Å². The fraction of sp³-hybridized carbons (Fsp3) is 0.300. The molecular weight excluding hydrogens is 360 g/mol. The van der Waals surface area contributed by atoms with Gasteiger partial charge in [0.2, 0.25) is 0 Å². The average Bonchev–Trinajstić information content (AvgIpc) is 3.15. The maximum atomic E-state index is 12.7. The number of benzene rings is 1. The topological polar surface area (TPSA) is 79.0 Å². The first-order valence-electron chi connectivity index (χ1n) is 8.91. The Labute approximate surface area is 160 Å². The van der Waals surface area contributed by atoms with Crippen LogP contribution in [-0.2, 0) is 5.41 Å². The van der Waals surface area contributed by atoms with Crippen LogP contribution in [0.1, 0.15) is 39.6 Å². The zero-order valence-corrected chi connectivity index (χ0v) is 15.8. The van der Waals surface area contributed by atoms with E-state index in [4.69, 9.17) is 4.98 Å². The van der Waals surface area contributed by atoms with E-state index in [-0.39, 0.29) is 17.0 Å². The highest BCUT2D eigenvalue weighted by molar-refractivity contribution is 7.09. The summed E-state index contributed by atoms with van der Waals surface area (Å²) < 4.78 is 0. The predicted molar refractivity (Wildman–Crippen MR) is 104 cm³/mol. The van der Waals surface area contributed by atoms with Gasteiger partial charge in [-0.3, -0.25) is 9.59 Å². The first kappa shape index (κ1) is 17.6. The zero-order valence-electron chi connectivity index (χ0n) is 15.0. The van der Waals surface area contributed by atoms with Crippen LogP contribution in [0, 0.1) is 6.92 Å². The van der Waals surface area contributed by atoms with Gasteiger partial charge in [-0.15, -0.1) is 11.3 Å². The number of carbonyl (C=O) groups is 1. The van der Waals surface area contributed by atoms with Crippen LogP contribution in [-0.4, -0.2) is 38.8 Å². The molecule has 0 atom stereocenters. The molecule has 27 heavy (non-hydrogen) atoms. The summed E-state index contributed by atoms with van der Waals surface area (Å²) in [6, 6.07) is 10.4. The van der Waals surface area contributed by atoms with Crippen molar-refractivity contribution in [3.8, 4) is 0 Å². The lowest BCUT2D eigenvalue weighted by atomic mass is 9.70. The fourth-order valence-electron chi connectivity index (χ4n) is 3.78. The van der Waals surface area contributed by atoms with Crippen LogP contribution < -0.4 is 5.56 Å². The molecule has 4 rings (SSSR count). The van der Waals surface area contributed by atoms with Crippen molar-refractivity contribution in [3.63, 3.8) is 0 Å². The summed E-state index contributed by atoms with van der Waals surface area (Å²) in [7, 11) is 0. The summed E-state index contributed by atoms with van der Waals surface area (Å²) in [5.74, 6) is -0.312. The van der Waals surface area contributed by atoms with Crippen molar-refractivity contribution in [2.45, 2.75) is 25.2 Å². The number of nitrogens with zero attached hydrogens (tertiary/aromatic N) is 3. The minimum Gasteiger partial charge on any atom is -0.337 e. The third-order valence-corrected chi connectivity index (χ3v) is 6.02. The molecule has 1 amide bonds. The number of thiazole rings is 1. The summed E-state index contributed by atoms with van der Waals surface area (Å²) in [6.45, 7) is 3.12. The number of likely N-dealkylation sites (tertiary alicyclic amines) is 1. The quantitative estimate of drug-likeness (QED) is 0.758. The van der Waals surface area contributed by atoms with Gasteiger partial charge in [0.05, 0.1) is 10.7 Å². The number of carbonyl (C=O) groups excluding carboxylic acids is 1. The second-order valence-electron chi connectivity index (χ2n) is 6.76. The second-order valence-corrected chi connectivity index (χ2v) is 7.82.